The monoisotopic (exact) mass is 314 g/mol. The highest BCUT2D eigenvalue weighted by atomic mass is 16.5. The minimum atomic E-state index is -0.409. The van der Waals surface area contributed by atoms with Crippen molar-refractivity contribution in [1.82, 2.24) is 24.5 Å². The molecule has 0 spiro atoms. The molecule has 1 N–H and O–H groups in total. The van der Waals surface area contributed by atoms with Gasteiger partial charge in [-0.1, -0.05) is 5.21 Å². The third-order valence-corrected chi connectivity index (χ3v) is 3.27. The van der Waals surface area contributed by atoms with E-state index in [2.05, 4.69) is 20.6 Å². The number of carbonyl (C=O) groups is 1. The summed E-state index contributed by atoms with van der Waals surface area (Å²) >= 11 is 0. The van der Waals surface area contributed by atoms with Crippen LogP contribution in [0.4, 0.5) is 5.69 Å². The van der Waals surface area contributed by atoms with E-state index < -0.39 is 5.56 Å². The number of nitrogens with one attached hydrogen (secondary N) is 1. The molecule has 0 unspecified atom stereocenters. The molecule has 1 aromatic carbocycles. The number of benzene rings is 1. The second kappa shape index (κ2) is 5.87. The number of methoxy groups -OCH3 is 1. The van der Waals surface area contributed by atoms with E-state index in [-0.39, 0.29) is 18.0 Å². The van der Waals surface area contributed by atoms with Gasteiger partial charge < -0.3 is 10.1 Å². The molecule has 9 heteroatoms. The molecule has 0 atom stereocenters. The fraction of sp³-hybridized carbons (Fsp3) is 0.214. The van der Waals surface area contributed by atoms with Gasteiger partial charge >= 0.3 is 0 Å². The van der Waals surface area contributed by atoms with Gasteiger partial charge in [0, 0.05) is 12.7 Å². The lowest BCUT2D eigenvalue weighted by Crippen LogP contribution is -2.28. The zero-order chi connectivity index (χ0) is 16.4. The van der Waals surface area contributed by atoms with Gasteiger partial charge in [0.25, 0.3) is 5.56 Å². The molecule has 9 nitrogen and oxygen atoms in total. The fourth-order valence-electron chi connectivity index (χ4n) is 2.09. The Hall–Kier alpha value is -3.23. The highest BCUT2D eigenvalue weighted by Crippen LogP contribution is 2.14. The van der Waals surface area contributed by atoms with E-state index in [4.69, 9.17) is 4.74 Å². The Morgan fingerprint density at radius 2 is 2.04 bits per heavy atom. The van der Waals surface area contributed by atoms with E-state index >= 15 is 0 Å². The van der Waals surface area contributed by atoms with Crippen molar-refractivity contribution in [3.8, 4) is 5.75 Å². The molecule has 2 heterocycles. The number of ether oxygens (including phenoxy) is 1. The summed E-state index contributed by atoms with van der Waals surface area (Å²) in [7, 11) is 3.21. The second-order valence-electron chi connectivity index (χ2n) is 4.84. The van der Waals surface area contributed by atoms with Crippen LogP contribution < -0.4 is 15.6 Å². The summed E-state index contributed by atoms with van der Waals surface area (Å²) in [5, 5.41) is 10.2. The Kier molecular flexibility index (Phi) is 3.75. The van der Waals surface area contributed by atoms with Gasteiger partial charge in [-0.3, -0.25) is 14.2 Å². The average molecular weight is 314 g/mol. The number of hydrogen-bond acceptors (Lipinski definition) is 6. The number of carbonyl (C=O) groups excluding carboxylic acids is 1. The van der Waals surface area contributed by atoms with Gasteiger partial charge in [0.2, 0.25) is 5.91 Å². The number of aromatic nitrogens is 5. The lowest BCUT2D eigenvalue weighted by Gasteiger charge is -2.07. The molecule has 1 amide bonds. The van der Waals surface area contributed by atoms with Crippen molar-refractivity contribution in [2.24, 2.45) is 7.05 Å². The highest BCUT2D eigenvalue weighted by molar-refractivity contribution is 5.90. The summed E-state index contributed by atoms with van der Waals surface area (Å²) in [5.41, 5.74) is 0.708. The van der Waals surface area contributed by atoms with E-state index in [0.29, 0.717) is 17.1 Å². The summed E-state index contributed by atoms with van der Waals surface area (Å²) < 4.78 is 7.64. The first kappa shape index (κ1) is 14.7. The largest absolute Gasteiger partial charge is 0.497 e. The van der Waals surface area contributed by atoms with Crippen LogP contribution in [-0.4, -0.2) is 37.6 Å². The molecular weight excluding hydrogens is 300 g/mol. The van der Waals surface area contributed by atoms with Gasteiger partial charge in [-0.15, -0.1) is 5.10 Å². The highest BCUT2D eigenvalue weighted by Gasteiger charge is 2.12. The molecule has 3 rings (SSSR count). The van der Waals surface area contributed by atoms with Crippen LogP contribution in [-0.2, 0) is 18.4 Å². The quantitative estimate of drug-likeness (QED) is 0.736. The van der Waals surface area contributed by atoms with Crippen molar-refractivity contribution in [2.75, 3.05) is 12.4 Å². The van der Waals surface area contributed by atoms with Crippen LogP contribution in [0.15, 0.2) is 35.4 Å². The number of anilines is 1. The second-order valence-corrected chi connectivity index (χ2v) is 4.84. The van der Waals surface area contributed by atoms with Gasteiger partial charge in [-0.05, 0) is 24.3 Å². The summed E-state index contributed by atoms with van der Waals surface area (Å²) in [6.45, 7) is -0.162. The van der Waals surface area contributed by atoms with E-state index in [1.165, 1.54) is 15.6 Å². The normalized spacial score (nSPS) is 10.7. The van der Waals surface area contributed by atoms with Crippen molar-refractivity contribution in [2.45, 2.75) is 6.54 Å². The van der Waals surface area contributed by atoms with Gasteiger partial charge in [-0.2, -0.15) is 0 Å². The van der Waals surface area contributed by atoms with Crippen LogP contribution in [0.1, 0.15) is 0 Å². The maximum Gasteiger partial charge on any atom is 0.283 e. The predicted molar refractivity (Wildman–Crippen MR) is 82.2 cm³/mol. The number of hydrogen-bond donors (Lipinski definition) is 1. The summed E-state index contributed by atoms with van der Waals surface area (Å²) in [6.07, 6.45) is 1.31. The molecule has 0 radical (unpaired) electrons. The maximum atomic E-state index is 12.2. The predicted octanol–water partition coefficient (Wildman–Crippen LogP) is 0.172. The van der Waals surface area contributed by atoms with Gasteiger partial charge in [0.15, 0.2) is 11.2 Å². The first-order valence-corrected chi connectivity index (χ1v) is 6.77. The third-order valence-electron chi connectivity index (χ3n) is 3.27. The number of aryl methyl sites for hydroxylation is 1. The SMILES string of the molecule is COc1ccc(NC(=O)Cn2cnc3c(nnn3C)c2=O)cc1. The van der Waals surface area contributed by atoms with E-state index in [1.54, 1.807) is 38.4 Å². The van der Waals surface area contributed by atoms with Crippen molar-refractivity contribution in [1.29, 1.82) is 0 Å². The van der Waals surface area contributed by atoms with Crippen molar-refractivity contribution in [3.05, 3.63) is 40.9 Å². The number of fused-ring (bicyclic) bond motifs is 1. The fourth-order valence-corrected chi connectivity index (χ4v) is 2.09. The molecule has 0 saturated heterocycles. The molecule has 0 saturated carbocycles. The zero-order valence-electron chi connectivity index (χ0n) is 12.6. The summed E-state index contributed by atoms with van der Waals surface area (Å²) in [5.74, 6) is 0.346. The van der Waals surface area contributed by atoms with E-state index in [9.17, 15) is 9.59 Å². The molecule has 0 bridgehead atoms. The molecule has 0 aliphatic rings. The molecule has 118 valence electrons. The smallest absolute Gasteiger partial charge is 0.283 e. The summed E-state index contributed by atoms with van der Waals surface area (Å²) in [6, 6.07) is 6.89. The van der Waals surface area contributed by atoms with Crippen molar-refractivity contribution >= 4 is 22.8 Å². The van der Waals surface area contributed by atoms with Crippen LogP contribution in [0.5, 0.6) is 5.75 Å². The minimum absolute atomic E-state index is 0.132. The van der Waals surface area contributed by atoms with Gasteiger partial charge in [0.05, 0.1) is 7.11 Å². The first-order valence-electron chi connectivity index (χ1n) is 6.77. The number of rotatable bonds is 4. The standard InChI is InChI=1S/C14H14N6O3/c1-19-13-12(17-18-19)14(22)20(8-15-13)7-11(21)16-9-3-5-10(23-2)6-4-9/h3-6,8H,7H2,1-2H3,(H,16,21). The first-order chi connectivity index (χ1) is 11.1. The lowest BCUT2D eigenvalue weighted by molar-refractivity contribution is -0.116. The molecule has 0 aliphatic heterocycles. The molecular formula is C14H14N6O3. The molecule has 2 aromatic heterocycles. The van der Waals surface area contributed by atoms with Crippen LogP contribution in [0.25, 0.3) is 11.2 Å². The van der Waals surface area contributed by atoms with Gasteiger partial charge in [0.1, 0.15) is 18.6 Å². The van der Waals surface area contributed by atoms with E-state index in [0.717, 1.165) is 0 Å². The maximum absolute atomic E-state index is 12.2. The molecule has 0 fully saturated rings. The van der Waals surface area contributed by atoms with Crippen molar-refractivity contribution < 1.29 is 9.53 Å². The molecule has 3 aromatic rings. The Labute approximate surface area is 130 Å². The van der Waals surface area contributed by atoms with Crippen LogP contribution in [0.2, 0.25) is 0 Å². The molecule has 0 aliphatic carbocycles. The van der Waals surface area contributed by atoms with E-state index in [1.807, 2.05) is 0 Å². The Bertz CT molecular complexity index is 912. The lowest BCUT2D eigenvalue weighted by atomic mass is 10.3. The Balaban J connectivity index is 1.77. The molecule has 23 heavy (non-hydrogen) atoms. The third kappa shape index (κ3) is 2.89. The van der Waals surface area contributed by atoms with Crippen molar-refractivity contribution in [3.63, 3.8) is 0 Å². The van der Waals surface area contributed by atoms with Crippen LogP contribution in [0, 0.1) is 0 Å². The number of amides is 1. The van der Waals surface area contributed by atoms with Crippen LogP contribution in [0.3, 0.4) is 0 Å². The zero-order valence-corrected chi connectivity index (χ0v) is 12.6. The van der Waals surface area contributed by atoms with Gasteiger partial charge in [-0.25, -0.2) is 9.67 Å². The Morgan fingerprint density at radius 3 is 2.74 bits per heavy atom. The minimum Gasteiger partial charge on any atom is -0.497 e. The Morgan fingerprint density at radius 1 is 1.30 bits per heavy atom. The topological polar surface area (TPSA) is 104 Å². The van der Waals surface area contributed by atoms with Crippen LogP contribution >= 0.6 is 0 Å². The number of nitrogens with zero attached hydrogens (tertiary/aromatic N) is 5. The average Bonchev–Trinajstić information content (AvgIpc) is 2.93. The summed E-state index contributed by atoms with van der Waals surface area (Å²) in [4.78, 5) is 28.4.